The van der Waals surface area contributed by atoms with Gasteiger partial charge in [-0.2, -0.15) is 0 Å². The molecule has 0 saturated carbocycles. The standard InChI is InChI=1S/C12H17F2NO2S/c1-3-18(16,17)7-6-15-9(2)11-5-4-10(13)8-12(11)14/h4-5,8-9,15H,3,6-7H2,1-2H3. The van der Waals surface area contributed by atoms with Crippen LogP contribution in [0, 0.1) is 11.6 Å². The lowest BCUT2D eigenvalue weighted by Gasteiger charge is -2.14. The first-order valence-corrected chi connectivity index (χ1v) is 7.56. The monoisotopic (exact) mass is 277 g/mol. The van der Waals surface area contributed by atoms with E-state index >= 15 is 0 Å². The van der Waals surface area contributed by atoms with Crippen LogP contribution in [0.1, 0.15) is 25.5 Å². The van der Waals surface area contributed by atoms with E-state index in [0.29, 0.717) is 5.56 Å². The molecule has 1 rings (SSSR count). The maximum atomic E-state index is 13.4. The zero-order valence-electron chi connectivity index (χ0n) is 10.4. The molecule has 0 heterocycles. The second-order valence-corrected chi connectivity index (χ2v) is 6.55. The molecule has 1 N–H and O–H groups in total. The van der Waals surface area contributed by atoms with Crippen molar-refractivity contribution in [1.82, 2.24) is 5.32 Å². The zero-order valence-corrected chi connectivity index (χ0v) is 11.2. The van der Waals surface area contributed by atoms with Gasteiger partial charge in [0.15, 0.2) is 9.84 Å². The summed E-state index contributed by atoms with van der Waals surface area (Å²) < 4.78 is 48.7. The maximum absolute atomic E-state index is 13.4. The van der Waals surface area contributed by atoms with E-state index in [1.807, 2.05) is 0 Å². The molecule has 0 aromatic heterocycles. The summed E-state index contributed by atoms with van der Waals surface area (Å²) in [5.41, 5.74) is 0.324. The highest BCUT2D eigenvalue weighted by Gasteiger charge is 2.13. The third-order valence-corrected chi connectivity index (χ3v) is 4.44. The highest BCUT2D eigenvalue weighted by molar-refractivity contribution is 7.91. The minimum atomic E-state index is -3.03. The Hall–Kier alpha value is -1.01. The molecule has 0 bridgehead atoms. The zero-order chi connectivity index (χ0) is 13.8. The highest BCUT2D eigenvalue weighted by atomic mass is 32.2. The molecule has 102 valence electrons. The van der Waals surface area contributed by atoms with E-state index in [4.69, 9.17) is 0 Å². The molecular formula is C12H17F2NO2S. The average Bonchev–Trinajstić information content (AvgIpc) is 2.28. The Kier molecular flexibility index (Phi) is 5.22. The van der Waals surface area contributed by atoms with Crippen molar-refractivity contribution in [2.24, 2.45) is 0 Å². The SMILES string of the molecule is CCS(=O)(=O)CCNC(C)c1ccc(F)cc1F. The van der Waals surface area contributed by atoms with E-state index in [2.05, 4.69) is 5.32 Å². The molecule has 0 aliphatic heterocycles. The van der Waals surface area contributed by atoms with Gasteiger partial charge in [-0.25, -0.2) is 17.2 Å². The molecule has 1 unspecified atom stereocenters. The first-order valence-electron chi connectivity index (χ1n) is 5.74. The molecule has 6 heteroatoms. The molecule has 18 heavy (non-hydrogen) atoms. The minimum Gasteiger partial charge on any atom is -0.309 e. The summed E-state index contributed by atoms with van der Waals surface area (Å²) in [6, 6.07) is 2.99. The van der Waals surface area contributed by atoms with E-state index < -0.39 is 21.5 Å². The Morgan fingerprint density at radius 1 is 1.33 bits per heavy atom. The Bertz CT molecular complexity index is 503. The number of hydrogen-bond acceptors (Lipinski definition) is 3. The number of hydrogen-bond donors (Lipinski definition) is 1. The lowest BCUT2D eigenvalue weighted by molar-refractivity contribution is 0.525. The van der Waals surface area contributed by atoms with E-state index in [-0.39, 0.29) is 24.1 Å². The van der Waals surface area contributed by atoms with Gasteiger partial charge in [-0.15, -0.1) is 0 Å². The first kappa shape index (κ1) is 15.0. The largest absolute Gasteiger partial charge is 0.309 e. The normalized spacial score (nSPS) is 13.6. The Morgan fingerprint density at radius 3 is 2.56 bits per heavy atom. The van der Waals surface area contributed by atoms with Gasteiger partial charge in [-0.05, 0) is 13.0 Å². The van der Waals surface area contributed by atoms with Crippen molar-refractivity contribution in [1.29, 1.82) is 0 Å². The van der Waals surface area contributed by atoms with Gasteiger partial charge in [0.05, 0.1) is 5.75 Å². The van der Waals surface area contributed by atoms with Crippen LogP contribution in [-0.2, 0) is 9.84 Å². The van der Waals surface area contributed by atoms with E-state index in [0.717, 1.165) is 6.07 Å². The summed E-state index contributed by atoms with van der Waals surface area (Å²) in [5, 5.41) is 2.91. The van der Waals surface area contributed by atoms with Crippen LogP contribution in [0.5, 0.6) is 0 Å². The van der Waals surface area contributed by atoms with Crippen molar-refractivity contribution in [3.05, 3.63) is 35.4 Å². The molecule has 0 fully saturated rings. The van der Waals surface area contributed by atoms with Crippen molar-refractivity contribution < 1.29 is 17.2 Å². The fraction of sp³-hybridized carbons (Fsp3) is 0.500. The van der Waals surface area contributed by atoms with E-state index in [1.165, 1.54) is 12.1 Å². The van der Waals surface area contributed by atoms with E-state index in [9.17, 15) is 17.2 Å². The molecule has 0 saturated heterocycles. The summed E-state index contributed by atoms with van der Waals surface area (Å²) in [7, 11) is -3.03. The van der Waals surface area contributed by atoms with Crippen molar-refractivity contribution in [3.8, 4) is 0 Å². The van der Waals surface area contributed by atoms with Crippen LogP contribution in [0.2, 0.25) is 0 Å². The number of sulfone groups is 1. The lowest BCUT2D eigenvalue weighted by atomic mass is 10.1. The average molecular weight is 277 g/mol. The summed E-state index contributed by atoms with van der Waals surface area (Å²) in [6.07, 6.45) is 0. The topological polar surface area (TPSA) is 46.2 Å². The molecule has 0 radical (unpaired) electrons. The quantitative estimate of drug-likeness (QED) is 0.865. The van der Waals surface area contributed by atoms with Crippen LogP contribution < -0.4 is 5.32 Å². The number of benzene rings is 1. The molecule has 1 aromatic rings. The molecule has 1 atom stereocenters. The van der Waals surface area contributed by atoms with Gasteiger partial charge in [0.2, 0.25) is 0 Å². The smallest absolute Gasteiger partial charge is 0.151 e. The Balaban J connectivity index is 2.58. The van der Waals surface area contributed by atoms with Crippen LogP contribution >= 0.6 is 0 Å². The molecule has 0 spiro atoms. The second kappa shape index (κ2) is 6.24. The number of halogens is 2. The fourth-order valence-electron chi connectivity index (χ4n) is 1.54. The van der Waals surface area contributed by atoms with E-state index in [1.54, 1.807) is 13.8 Å². The summed E-state index contributed by atoms with van der Waals surface area (Å²) in [6.45, 7) is 3.53. The predicted octanol–water partition coefficient (Wildman–Crippen LogP) is 2.05. The van der Waals surface area contributed by atoms with Gasteiger partial charge in [0.25, 0.3) is 0 Å². The van der Waals surface area contributed by atoms with Crippen molar-refractivity contribution in [3.63, 3.8) is 0 Å². The lowest BCUT2D eigenvalue weighted by Crippen LogP contribution is -2.26. The molecule has 1 aromatic carbocycles. The van der Waals surface area contributed by atoms with Crippen LogP contribution in [0.15, 0.2) is 18.2 Å². The molecular weight excluding hydrogens is 260 g/mol. The number of rotatable bonds is 6. The van der Waals surface area contributed by atoms with Gasteiger partial charge in [0.1, 0.15) is 11.6 Å². The van der Waals surface area contributed by atoms with Crippen LogP contribution in [0.3, 0.4) is 0 Å². The van der Waals surface area contributed by atoms with Gasteiger partial charge < -0.3 is 5.32 Å². The van der Waals surface area contributed by atoms with Crippen LogP contribution in [-0.4, -0.2) is 26.5 Å². The predicted molar refractivity (Wildman–Crippen MR) is 67.1 cm³/mol. The Labute approximate surface area is 106 Å². The third-order valence-electron chi connectivity index (χ3n) is 2.73. The Morgan fingerprint density at radius 2 is 2.00 bits per heavy atom. The summed E-state index contributed by atoms with van der Waals surface area (Å²) >= 11 is 0. The molecule has 0 aliphatic carbocycles. The summed E-state index contributed by atoms with van der Waals surface area (Å²) in [5.74, 6) is -1.16. The molecule has 0 aliphatic rings. The molecule has 3 nitrogen and oxygen atoms in total. The van der Waals surface area contributed by atoms with Crippen molar-refractivity contribution in [2.75, 3.05) is 18.1 Å². The van der Waals surface area contributed by atoms with Crippen molar-refractivity contribution in [2.45, 2.75) is 19.9 Å². The van der Waals surface area contributed by atoms with Gasteiger partial charge in [-0.1, -0.05) is 13.0 Å². The highest BCUT2D eigenvalue weighted by Crippen LogP contribution is 2.17. The number of nitrogens with one attached hydrogen (secondary N) is 1. The van der Waals surface area contributed by atoms with Gasteiger partial charge >= 0.3 is 0 Å². The van der Waals surface area contributed by atoms with Crippen molar-refractivity contribution >= 4 is 9.84 Å². The molecule has 0 amide bonds. The van der Waals surface area contributed by atoms with Gasteiger partial charge in [-0.3, -0.25) is 0 Å². The fourth-order valence-corrected chi connectivity index (χ4v) is 2.26. The minimum absolute atomic E-state index is 0.0106. The van der Waals surface area contributed by atoms with Crippen LogP contribution in [0.4, 0.5) is 8.78 Å². The summed E-state index contributed by atoms with van der Waals surface area (Å²) in [4.78, 5) is 0. The maximum Gasteiger partial charge on any atom is 0.151 e. The third kappa shape index (κ3) is 4.34. The first-order chi connectivity index (χ1) is 8.35. The van der Waals surface area contributed by atoms with Crippen LogP contribution in [0.25, 0.3) is 0 Å². The second-order valence-electron chi connectivity index (χ2n) is 4.08. The van der Waals surface area contributed by atoms with Gasteiger partial charge in [0, 0.05) is 30.0 Å².